The first-order chi connectivity index (χ1) is 16.1. The molecule has 1 aromatic carbocycles. The standard InChI is InChI=1S/C23H30N6O3S/c1-2-10-33-23-25-21(24-16-12-15(16)13-6-4-3-5-7-13)18-22(26-23)29(28-27-18)17-11-14(8-9-30)19(31)20(17)32/h3-7,14-17,19-20,30-32H,2,8-12H2,1H3,(H,24,25,26)/t14-,15?,16?,17+,19+,20-/m0/s1. The molecule has 2 saturated carbocycles. The number of rotatable bonds is 9. The molecule has 0 spiro atoms. The smallest absolute Gasteiger partial charge is 0.191 e. The van der Waals surface area contributed by atoms with Gasteiger partial charge in [-0.3, -0.25) is 0 Å². The van der Waals surface area contributed by atoms with E-state index >= 15 is 0 Å². The number of aliphatic hydroxyl groups excluding tert-OH is 3. The van der Waals surface area contributed by atoms with E-state index in [1.807, 2.05) is 6.07 Å². The molecule has 2 fully saturated rings. The maximum Gasteiger partial charge on any atom is 0.191 e. The minimum absolute atomic E-state index is 0.0305. The van der Waals surface area contributed by atoms with Crippen LogP contribution in [0.4, 0.5) is 5.82 Å². The van der Waals surface area contributed by atoms with E-state index in [-0.39, 0.29) is 18.6 Å². The lowest BCUT2D eigenvalue weighted by molar-refractivity contribution is 0.00107. The van der Waals surface area contributed by atoms with Crippen LogP contribution < -0.4 is 5.32 Å². The van der Waals surface area contributed by atoms with Gasteiger partial charge in [0.2, 0.25) is 0 Å². The van der Waals surface area contributed by atoms with Gasteiger partial charge >= 0.3 is 0 Å². The van der Waals surface area contributed by atoms with Gasteiger partial charge in [-0.05, 0) is 37.2 Å². The number of nitrogens with one attached hydrogen (secondary N) is 1. The third-order valence-electron chi connectivity index (χ3n) is 6.66. The van der Waals surface area contributed by atoms with Crippen molar-refractivity contribution in [2.45, 2.75) is 68.0 Å². The molecule has 0 amide bonds. The van der Waals surface area contributed by atoms with Crippen LogP contribution in [0, 0.1) is 5.92 Å². The summed E-state index contributed by atoms with van der Waals surface area (Å²) in [6.45, 7) is 2.08. The number of fused-ring (bicyclic) bond motifs is 1. The SMILES string of the molecule is CCCSc1nc(NC2CC2c2ccccc2)c2nnn([C@@H]3C[C@H](CCO)[C@@H](O)[C@H]3O)c2n1. The number of aromatic nitrogens is 5. The Morgan fingerprint density at radius 1 is 1.12 bits per heavy atom. The molecular formula is C23H30N6O3S. The summed E-state index contributed by atoms with van der Waals surface area (Å²) >= 11 is 1.58. The Balaban J connectivity index is 1.45. The third-order valence-corrected chi connectivity index (χ3v) is 7.72. The van der Waals surface area contributed by atoms with Crippen molar-refractivity contribution in [1.82, 2.24) is 25.0 Å². The van der Waals surface area contributed by atoms with Crippen LogP contribution in [0.15, 0.2) is 35.5 Å². The van der Waals surface area contributed by atoms with E-state index in [1.54, 1.807) is 16.4 Å². The van der Waals surface area contributed by atoms with Gasteiger partial charge in [-0.15, -0.1) is 5.10 Å². The highest BCUT2D eigenvalue weighted by atomic mass is 32.2. The Morgan fingerprint density at radius 3 is 2.70 bits per heavy atom. The molecule has 5 rings (SSSR count). The average Bonchev–Trinajstić information content (AvgIpc) is 3.39. The maximum absolute atomic E-state index is 10.7. The minimum Gasteiger partial charge on any atom is -0.396 e. The van der Waals surface area contributed by atoms with E-state index in [1.165, 1.54) is 5.56 Å². The number of aliphatic hydroxyl groups is 3. The molecular weight excluding hydrogens is 440 g/mol. The fourth-order valence-electron chi connectivity index (χ4n) is 4.79. The van der Waals surface area contributed by atoms with Crippen LogP contribution in [0.2, 0.25) is 0 Å². The zero-order valence-corrected chi connectivity index (χ0v) is 19.4. The second-order valence-electron chi connectivity index (χ2n) is 8.97. The molecule has 0 bridgehead atoms. The molecule has 176 valence electrons. The van der Waals surface area contributed by atoms with Crippen molar-refractivity contribution < 1.29 is 15.3 Å². The van der Waals surface area contributed by atoms with Crippen molar-refractivity contribution in [1.29, 1.82) is 0 Å². The van der Waals surface area contributed by atoms with E-state index in [4.69, 9.17) is 9.97 Å². The van der Waals surface area contributed by atoms with Gasteiger partial charge in [0.1, 0.15) is 6.10 Å². The van der Waals surface area contributed by atoms with Crippen LogP contribution >= 0.6 is 11.8 Å². The summed E-state index contributed by atoms with van der Waals surface area (Å²) in [7, 11) is 0. The van der Waals surface area contributed by atoms with Gasteiger partial charge in [-0.25, -0.2) is 14.6 Å². The Labute approximate surface area is 196 Å². The van der Waals surface area contributed by atoms with Crippen molar-refractivity contribution >= 4 is 28.7 Å². The van der Waals surface area contributed by atoms with Crippen LogP contribution in [-0.2, 0) is 0 Å². The van der Waals surface area contributed by atoms with E-state index in [0.29, 0.717) is 40.9 Å². The van der Waals surface area contributed by atoms with Gasteiger partial charge in [0.25, 0.3) is 0 Å². The molecule has 9 nitrogen and oxygen atoms in total. The summed E-state index contributed by atoms with van der Waals surface area (Å²) in [5.41, 5.74) is 2.44. The molecule has 2 heterocycles. The van der Waals surface area contributed by atoms with Crippen LogP contribution in [0.1, 0.15) is 50.1 Å². The van der Waals surface area contributed by atoms with Gasteiger partial charge < -0.3 is 20.6 Å². The lowest BCUT2D eigenvalue weighted by Crippen LogP contribution is -2.30. The minimum atomic E-state index is -0.990. The fourth-order valence-corrected chi connectivity index (χ4v) is 5.48. The summed E-state index contributed by atoms with van der Waals surface area (Å²) in [5.74, 6) is 1.80. The van der Waals surface area contributed by atoms with Crippen LogP contribution in [-0.4, -0.2) is 70.9 Å². The molecule has 2 unspecified atom stereocenters. The van der Waals surface area contributed by atoms with Crippen molar-refractivity contribution in [3.63, 3.8) is 0 Å². The molecule has 0 aliphatic heterocycles. The second kappa shape index (κ2) is 9.54. The molecule has 2 aliphatic carbocycles. The summed E-state index contributed by atoms with van der Waals surface area (Å²) in [4.78, 5) is 9.47. The molecule has 2 aromatic heterocycles. The summed E-state index contributed by atoms with van der Waals surface area (Å²) < 4.78 is 1.63. The van der Waals surface area contributed by atoms with Crippen LogP contribution in [0.3, 0.4) is 0 Å². The lowest BCUT2D eigenvalue weighted by atomic mass is 10.0. The van der Waals surface area contributed by atoms with Gasteiger partial charge in [0.05, 0.1) is 12.1 Å². The molecule has 3 aromatic rings. The number of anilines is 1. The highest BCUT2D eigenvalue weighted by molar-refractivity contribution is 7.99. The molecule has 33 heavy (non-hydrogen) atoms. The van der Waals surface area contributed by atoms with Crippen molar-refractivity contribution in [3.05, 3.63) is 35.9 Å². The number of hydrogen-bond donors (Lipinski definition) is 4. The van der Waals surface area contributed by atoms with Crippen molar-refractivity contribution in [3.8, 4) is 0 Å². The van der Waals surface area contributed by atoms with Crippen molar-refractivity contribution in [2.75, 3.05) is 17.7 Å². The normalized spacial score (nSPS) is 29.0. The Morgan fingerprint density at radius 2 is 1.94 bits per heavy atom. The van der Waals surface area contributed by atoms with E-state index in [0.717, 1.165) is 18.6 Å². The lowest BCUT2D eigenvalue weighted by Gasteiger charge is -2.17. The van der Waals surface area contributed by atoms with Crippen LogP contribution in [0.5, 0.6) is 0 Å². The number of thioether (sulfide) groups is 1. The number of hydrogen-bond acceptors (Lipinski definition) is 9. The number of benzene rings is 1. The highest BCUT2D eigenvalue weighted by Crippen LogP contribution is 2.44. The topological polar surface area (TPSA) is 129 Å². The molecule has 0 radical (unpaired) electrons. The van der Waals surface area contributed by atoms with E-state index in [9.17, 15) is 15.3 Å². The predicted octanol–water partition coefficient (Wildman–Crippen LogP) is 2.36. The van der Waals surface area contributed by atoms with Gasteiger partial charge in [0.15, 0.2) is 22.1 Å². The van der Waals surface area contributed by atoms with Gasteiger partial charge in [-0.1, -0.05) is 54.2 Å². The maximum atomic E-state index is 10.7. The first-order valence-electron chi connectivity index (χ1n) is 11.6. The van der Waals surface area contributed by atoms with E-state index < -0.39 is 18.2 Å². The Bertz CT molecular complexity index is 1100. The van der Waals surface area contributed by atoms with Crippen LogP contribution in [0.25, 0.3) is 11.2 Å². The predicted molar refractivity (Wildman–Crippen MR) is 126 cm³/mol. The highest BCUT2D eigenvalue weighted by Gasteiger charge is 2.44. The molecule has 2 aliphatic rings. The summed E-state index contributed by atoms with van der Waals surface area (Å²) in [6.07, 6.45) is 1.07. The Hall–Kier alpha value is -2.27. The number of nitrogens with zero attached hydrogens (tertiary/aromatic N) is 5. The second-order valence-corrected chi connectivity index (χ2v) is 10.0. The summed E-state index contributed by atoms with van der Waals surface area (Å²) in [5, 5.41) is 43.3. The third kappa shape index (κ3) is 4.44. The Kier molecular flexibility index (Phi) is 6.51. The molecule has 4 N–H and O–H groups in total. The largest absolute Gasteiger partial charge is 0.396 e. The first kappa shape index (κ1) is 22.5. The fraction of sp³-hybridized carbons (Fsp3) is 0.565. The quantitative estimate of drug-likeness (QED) is 0.275. The molecule has 6 atom stereocenters. The molecule has 10 heteroatoms. The first-order valence-corrected chi connectivity index (χ1v) is 12.6. The zero-order valence-electron chi connectivity index (χ0n) is 18.6. The van der Waals surface area contributed by atoms with E-state index in [2.05, 4.69) is 46.8 Å². The monoisotopic (exact) mass is 470 g/mol. The van der Waals surface area contributed by atoms with Gasteiger partial charge in [0, 0.05) is 24.3 Å². The molecule has 0 saturated heterocycles. The summed E-state index contributed by atoms with van der Waals surface area (Å²) in [6, 6.07) is 10.3. The van der Waals surface area contributed by atoms with Gasteiger partial charge in [-0.2, -0.15) is 0 Å². The van der Waals surface area contributed by atoms with Crippen molar-refractivity contribution in [2.24, 2.45) is 5.92 Å². The average molecular weight is 471 g/mol. The zero-order chi connectivity index (χ0) is 22.9.